The first-order valence-corrected chi connectivity index (χ1v) is 21.3. The second-order valence-electron chi connectivity index (χ2n) is 14.4. The highest BCUT2D eigenvalue weighted by atomic mass is 16.4. The van der Waals surface area contributed by atoms with Gasteiger partial charge in [0, 0.05) is 0 Å². The number of rotatable bonds is 14. The molecule has 0 bridgehead atoms. The Labute approximate surface area is 406 Å². The molecule has 0 amide bonds. The van der Waals surface area contributed by atoms with Crippen molar-refractivity contribution in [1.29, 1.82) is 0 Å². The van der Waals surface area contributed by atoms with Crippen LogP contribution in [0.4, 0.5) is 0 Å². The molecule has 0 fully saturated rings. The van der Waals surface area contributed by atoms with Gasteiger partial charge in [0.1, 0.15) is 0 Å². The van der Waals surface area contributed by atoms with E-state index in [1.165, 1.54) is 0 Å². The van der Waals surface area contributed by atoms with Crippen molar-refractivity contribution in [3.05, 3.63) is 251 Å². The summed E-state index contributed by atoms with van der Waals surface area (Å²) in [6.45, 7) is 0. The molecule has 0 spiro atoms. The summed E-state index contributed by atoms with van der Waals surface area (Å²) in [5.41, 5.74) is 5.90. The SMILES string of the molecule is O=C(O)Cc1ccccc1.O=C(O)Cc1ccccc1.O=C(O)Cc1ccccc1.O=C(O)Cc1ccccc1.O=C(O)Cc1ccccc1.O=C(O)Cc1ccccc1.O=C(O)Cc1ccccc1. The molecule has 0 saturated carbocycles. The lowest BCUT2D eigenvalue weighted by Gasteiger charge is -1.92. The van der Waals surface area contributed by atoms with Crippen molar-refractivity contribution in [1.82, 2.24) is 0 Å². The highest BCUT2D eigenvalue weighted by molar-refractivity contribution is 5.72. The summed E-state index contributed by atoms with van der Waals surface area (Å²) in [5.74, 6) is -5.50. The maximum absolute atomic E-state index is 10.2. The molecule has 14 heteroatoms. The van der Waals surface area contributed by atoms with Crippen molar-refractivity contribution in [2.45, 2.75) is 44.9 Å². The van der Waals surface area contributed by atoms with Crippen molar-refractivity contribution < 1.29 is 69.3 Å². The topological polar surface area (TPSA) is 261 Å². The monoisotopic (exact) mass is 952 g/mol. The lowest BCUT2D eigenvalue weighted by molar-refractivity contribution is -0.137. The van der Waals surface area contributed by atoms with Gasteiger partial charge in [-0.3, -0.25) is 33.6 Å². The molecule has 70 heavy (non-hydrogen) atoms. The zero-order chi connectivity index (χ0) is 51.8. The maximum Gasteiger partial charge on any atom is 0.307 e. The lowest BCUT2D eigenvalue weighted by atomic mass is 10.2. The van der Waals surface area contributed by atoms with E-state index in [0.29, 0.717) is 0 Å². The van der Waals surface area contributed by atoms with Crippen LogP contribution in [0.5, 0.6) is 0 Å². The molecule has 0 unspecified atom stereocenters. The number of hydrogen-bond donors (Lipinski definition) is 7. The fraction of sp³-hybridized carbons (Fsp3) is 0.125. The van der Waals surface area contributed by atoms with Crippen LogP contribution < -0.4 is 0 Å². The molecular formula is C56H56O14. The zero-order valence-corrected chi connectivity index (χ0v) is 38.1. The van der Waals surface area contributed by atoms with E-state index >= 15 is 0 Å². The molecule has 364 valence electrons. The van der Waals surface area contributed by atoms with E-state index in [0.717, 1.165) is 38.9 Å². The third-order valence-corrected chi connectivity index (χ3v) is 8.39. The molecule has 0 aliphatic carbocycles. The van der Waals surface area contributed by atoms with Gasteiger partial charge in [-0.15, -0.1) is 0 Å². The van der Waals surface area contributed by atoms with Crippen LogP contribution in [0.2, 0.25) is 0 Å². The van der Waals surface area contributed by atoms with Crippen molar-refractivity contribution >= 4 is 41.8 Å². The van der Waals surface area contributed by atoms with Gasteiger partial charge >= 0.3 is 41.8 Å². The predicted molar refractivity (Wildman–Crippen MR) is 264 cm³/mol. The number of aliphatic carboxylic acids is 7. The van der Waals surface area contributed by atoms with E-state index in [2.05, 4.69) is 0 Å². The Hall–Kier alpha value is -9.17. The molecule has 7 aromatic carbocycles. The Kier molecular flexibility index (Phi) is 31.1. The van der Waals surface area contributed by atoms with Crippen LogP contribution in [0.3, 0.4) is 0 Å². The van der Waals surface area contributed by atoms with Crippen molar-refractivity contribution in [2.24, 2.45) is 0 Å². The summed E-state index contributed by atoms with van der Waals surface area (Å²) < 4.78 is 0. The van der Waals surface area contributed by atoms with Gasteiger partial charge in [0.15, 0.2) is 0 Å². The summed E-state index contributed by atoms with van der Waals surface area (Å²) in [5, 5.41) is 58.6. The average Bonchev–Trinajstić information content (AvgIpc) is 3.31. The lowest BCUT2D eigenvalue weighted by Crippen LogP contribution is -1.98. The minimum Gasteiger partial charge on any atom is -0.481 e. The van der Waals surface area contributed by atoms with E-state index in [9.17, 15) is 33.6 Å². The quantitative estimate of drug-likeness (QED) is 0.0536. The second kappa shape index (κ2) is 37.0. The minimum absolute atomic E-state index is 0.112. The Morgan fingerprint density at radius 1 is 0.186 bits per heavy atom. The Morgan fingerprint density at radius 2 is 0.271 bits per heavy atom. The molecule has 0 heterocycles. The Bertz CT molecular complexity index is 2020. The van der Waals surface area contributed by atoms with Gasteiger partial charge < -0.3 is 35.7 Å². The first-order valence-electron chi connectivity index (χ1n) is 21.3. The van der Waals surface area contributed by atoms with E-state index in [-0.39, 0.29) is 44.9 Å². The fourth-order valence-electron chi connectivity index (χ4n) is 5.39. The minimum atomic E-state index is -0.786. The van der Waals surface area contributed by atoms with E-state index < -0.39 is 41.8 Å². The summed E-state index contributed by atoms with van der Waals surface area (Å²) in [6.07, 6.45) is 0.784. The third-order valence-electron chi connectivity index (χ3n) is 8.39. The van der Waals surface area contributed by atoms with E-state index in [1.807, 2.05) is 127 Å². The van der Waals surface area contributed by atoms with Crippen LogP contribution >= 0.6 is 0 Å². The maximum atomic E-state index is 10.2. The standard InChI is InChI=1S/7C8H8O2/c7*9-8(10)6-7-4-2-1-3-5-7/h7*1-5H,6H2,(H,9,10). The van der Waals surface area contributed by atoms with Gasteiger partial charge in [-0.25, -0.2) is 0 Å². The van der Waals surface area contributed by atoms with Gasteiger partial charge in [0.2, 0.25) is 0 Å². The third kappa shape index (κ3) is 35.1. The van der Waals surface area contributed by atoms with Gasteiger partial charge in [-0.05, 0) is 38.9 Å². The van der Waals surface area contributed by atoms with Gasteiger partial charge in [-0.2, -0.15) is 0 Å². The van der Waals surface area contributed by atoms with E-state index in [4.69, 9.17) is 35.7 Å². The summed E-state index contributed by atoms with van der Waals surface area (Å²) >= 11 is 0. The molecule has 0 atom stereocenters. The number of benzene rings is 7. The number of carboxylic acids is 7. The van der Waals surface area contributed by atoms with Crippen LogP contribution in [-0.2, 0) is 78.5 Å². The molecule has 0 aliphatic heterocycles. The number of carboxylic acid groups (broad SMARTS) is 7. The first-order chi connectivity index (χ1) is 33.5. The normalized spacial score (nSPS) is 9.20. The predicted octanol–water partition coefficient (Wildman–Crippen LogP) is 9.20. The number of hydrogen-bond acceptors (Lipinski definition) is 7. The van der Waals surface area contributed by atoms with Crippen LogP contribution in [0.25, 0.3) is 0 Å². The molecule has 0 saturated heterocycles. The molecular weight excluding hydrogens is 897 g/mol. The van der Waals surface area contributed by atoms with E-state index in [1.54, 1.807) is 84.9 Å². The van der Waals surface area contributed by atoms with Gasteiger partial charge in [0.25, 0.3) is 0 Å². The fourth-order valence-corrected chi connectivity index (χ4v) is 5.39. The molecule has 14 nitrogen and oxygen atoms in total. The molecule has 0 aliphatic rings. The molecule has 0 radical (unpaired) electrons. The van der Waals surface area contributed by atoms with Crippen LogP contribution in [0.15, 0.2) is 212 Å². The van der Waals surface area contributed by atoms with Crippen molar-refractivity contribution in [3.63, 3.8) is 0 Å². The molecule has 7 N–H and O–H groups in total. The number of carbonyl (C=O) groups is 7. The molecule has 0 aromatic heterocycles. The van der Waals surface area contributed by atoms with Gasteiger partial charge in [0.05, 0.1) is 44.9 Å². The van der Waals surface area contributed by atoms with Crippen LogP contribution in [0, 0.1) is 0 Å². The first kappa shape index (κ1) is 58.8. The summed E-state index contributed by atoms with van der Waals surface area (Å²) in [4.78, 5) is 71.2. The second-order valence-corrected chi connectivity index (χ2v) is 14.4. The summed E-state index contributed by atoms with van der Waals surface area (Å²) in [7, 11) is 0. The van der Waals surface area contributed by atoms with Gasteiger partial charge in [-0.1, -0.05) is 212 Å². The summed E-state index contributed by atoms with van der Waals surface area (Å²) in [6, 6.07) is 63.9. The van der Waals surface area contributed by atoms with Crippen molar-refractivity contribution in [3.8, 4) is 0 Å². The smallest absolute Gasteiger partial charge is 0.307 e. The van der Waals surface area contributed by atoms with Crippen molar-refractivity contribution in [2.75, 3.05) is 0 Å². The highest BCUT2D eigenvalue weighted by Gasteiger charge is 2.01. The van der Waals surface area contributed by atoms with Crippen LogP contribution in [0.1, 0.15) is 38.9 Å². The Balaban J connectivity index is 0.000000408. The zero-order valence-electron chi connectivity index (χ0n) is 38.1. The van der Waals surface area contributed by atoms with Crippen LogP contribution in [-0.4, -0.2) is 77.5 Å². The highest BCUT2D eigenvalue weighted by Crippen LogP contribution is 2.03. The Morgan fingerprint density at radius 3 is 0.343 bits per heavy atom. The largest absolute Gasteiger partial charge is 0.481 e. The average molecular weight is 953 g/mol. The molecule has 7 rings (SSSR count). The molecule has 7 aromatic rings.